The van der Waals surface area contributed by atoms with Gasteiger partial charge in [0.05, 0.1) is 26.2 Å². The average molecular weight is 255 g/mol. The summed E-state index contributed by atoms with van der Waals surface area (Å²) in [6, 6.07) is 14.4. The van der Waals surface area contributed by atoms with Crippen molar-refractivity contribution in [2.75, 3.05) is 31.1 Å². The standard InChI is InChI=1S/C15H17N3O/c19-18-10-8-17(9-11-18)15-12-14(6-7-16-15)13-4-2-1-3-5-13/h1-7,12,18H,8-11H2. The number of nitrogens with zero attached hydrogens (tertiary/aromatic N) is 2. The third-order valence-electron chi connectivity index (χ3n) is 3.50. The molecule has 4 nitrogen and oxygen atoms in total. The Bertz CT molecular complexity index is 536. The highest BCUT2D eigenvalue weighted by Gasteiger charge is 2.16. The number of pyridine rings is 1. The van der Waals surface area contributed by atoms with Gasteiger partial charge in [-0.25, -0.2) is 4.98 Å². The molecule has 1 aromatic carbocycles. The van der Waals surface area contributed by atoms with Crippen molar-refractivity contribution < 1.29 is 5.06 Å². The second-order valence-electron chi connectivity index (χ2n) is 4.79. The number of quaternary nitrogens is 1. The second kappa shape index (κ2) is 5.38. The van der Waals surface area contributed by atoms with Crippen molar-refractivity contribution in [2.24, 2.45) is 0 Å². The van der Waals surface area contributed by atoms with Crippen LogP contribution in [0.25, 0.3) is 11.1 Å². The first-order valence-corrected chi connectivity index (χ1v) is 6.61. The summed E-state index contributed by atoms with van der Waals surface area (Å²) < 4.78 is 0. The fourth-order valence-electron chi connectivity index (χ4n) is 2.39. The first kappa shape index (κ1) is 12.1. The lowest BCUT2D eigenvalue weighted by atomic mass is 10.1. The lowest BCUT2D eigenvalue weighted by Gasteiger charge is -2.34. The Morgan fingerprint density at radius 3 is 2.47 bits per heavy atom. The van der Waals surface area contributed by atoms with E-state index in [9.17, 15) is 5.21 Å². The summed E-state index contributed by atoms with van der Waals surface area (Å²) in [6.45, 7) is 2.84. The predicted molar refractivity (Wildman–Crippen MR) is 75.9 cm³/mol. The molecular formula is C15H17N3O. The molecule has 0 spiro atoms. The van der Waals surface area contributed by atoms with Crippen LogP contribution in [0.15, 0.2) is 48.7 Å². The molecule has 0 amide bonds. The van der Waals surface area contributed by atoms with Gasteiger partial charge in [-0.15, -0.1) is 0 Å². The van der Waals surface area contributed by atoms with E-state index in [1.807, 2.05) is 30.5 Å². The molecule has 19 heavy (non-hydrogen) atoms. The highest BCUT2D eigenvalue weighted by molar-refractivity contribution is 5.66. The normalized spacial score (nSPS) is 16.6. The molecule has 1 aromatic heterocycles. The highest BCUT2D eigenvalue weighted by Crippen LogP contribution is 2.22. The summed E-state index contributed by atoms with van der Waals surface area (Å²) >= 11 is 0. The van der Waals surface area contributed by atoms with Crippen LogP contribution in [0, 0.1) is 5.21 Å². The van der Waals surface area contributed by atoms with Gasteiger partial charge in [0.15, 0.2) is 0 Å². The molecule has 1 fully saturated rings. The lowest BCUT2D eigenvalue weighted by Crippen LogP contribution is -3.10. The number of anilines is 1. The number of aromatic nitrogens is 1. The fourth-order valence-corrected chi connectivity index (χ4v) is 2.39. The number of benzene rings is 1. The minimum Gasteiger partial charge on any atom is -0.634 e. The summed E-state index contributed by atoms with van der Waals surface area (Å²) in [5.74, 6) is 0.967. The van der Waals surface area contributed by atoms with Crippen LogP contribution in [0.2, 0.25) is 0 Å². The van der Waals surface area contributed by atoms with Gasteiger partial charge in [-0.3, -0.25) is 0 Å². The summed E-state index contributed by atoms with van der Waals surface area (Å²) in [7, 11) is 0. The van der Waals surface area contributed by atoms with E-state index in [1.54, 1.807) is 0 Å². The third-order valence-corrected chi connectivity index (χ3v) is 3.50. The number of piperazine rings is 1. The Hall–Kier alpha value is -1.91. The van der Waals surface area contributed by atoms with Gasteiger partial charge in [0.2, 0.25) is 0 Å². The van der Waals surface area contributed by atoms with E-state index in [4.69, 9.17) is 0 Å². The first-order chi connectivity index (χ1) is 9.33. The Morgan fingerprint density at radius 1 is 1.00 bits per heavy atom. The molecule has 1 saturated heterocycles. The van der Waals surface area contributed by atoms with E-state index in [0.717, 1.165) is 18.9 Å². The number of nitrogens with one attached hydrogen (secondary N) is 1. The van der Waals surface area contributed by atoms with Crippen LogP contribution in [0.4, 0.5) is 5.82 Å². The van der Waals surface area contributed by atoms with Gasteiger partial charge >= 0.3 is 0 Å². The molecule has 1 N–H and O–H groups in total. The van der Waals surface area contributed by atoms with E-state index in [1.165, 1.54) is 11.1 Å². The molecule has 2 heterocycles. The molecule has 3 rings (SSSR count). The second-order valence-corrected chi connectivity index (χ2v) is 4.79. The SMILES string of the molecule is [O-][NH+]1CCN(c2cc(-c3ccccc3)ccn2)CC1. The molecule has 0 atom stereocenters. The number of hydroxylamine groups is 2. The summed E-state index contributed by atoms with van der Waals surface area (Å²) in [6.07, 6.45) is 1.84. The van der Waals surface area contributed by atoms with Crippen molar-refractivity contribution in [3.05, 3.63) is 53.9 Å². The van der Waals surface area contributed by atoms with Crippen LogP contribution in [0.1, 0.15) is 0 Å². The van der Waals surface area contributed by atoms with Crippen molar-refractivity contribution in [3.8, 4) is 11.1 Å². The summed E-state index contributed by atoms with van der Waals surface area (Å²) in [4.78, 5) is 6.62. The van der Waals surface area contributed by atoms with Gasteiger partial charge in [0.1, 0.15) is 5.82 Å². The molecule has 0 bridgehead atoms. The van der Waals surface area contributed by atoms with Crippen molar-refractivity contribution in [1.82, 2.24) is 4.98 Å². The minimum absolute atomic E-state index is 0.357. The van der Waals surface area contributed by atoms with E-state index in [-0.39, 0.29) is 0 Å². The molecule has 98 valence electrons. The summed E-state index contributed by atoms with van der Waals surface area (Å²) in [5, 5.41) is 11.6. The number of hydrogen-bond acceptors (Lipinski definition) is 3. The number of hydrogen-bond donors (Lipinski definition) is 1. The van der Waals surface area contributed by atoms with Gasteiger partial charge in [-0.2, -0.15) is 0 Å². The molecule has 0 saturated carbocycles. The van der Waals surface area contributed by atoms with Gasteiger partial charge in [-0.05, 0) is 23.3 Å². The Morgan fingerprint density at radius 2 is 1.74 bits per heavy atom. The van der Waals surface area contributed by atoms with Crippen molar-refractivity contribution in [1.29, 1.82) is 0 Å². The van der Waals surface area contributed by atoms with Crippen LogP contribution in [-0.4, -0.2) is 31.2 Å². The molecule has 1 aliphatic heterocycles. The lowest BCUT2D eigenvalue weighted by molar-refractivity contribution is -0.848. The van der Waals surface area contributed by atoms with Crippen LogP contribution in [-0.2, 0) is 0 Å². The van der Waals surface area contributed by atoms with Crippen LogP contribution >= 0.6 is 0 Å². The van der Waals surface area contributed by atoms with E-state index >= 15 is 0 Å². The van der Waals surface area contributed by atoms with Gasteiger partial charge in [0.25, 0.3) is 0 Å². The van der Waals surface area contributed by atoms with Crippen molar-refractivity contribution in [3.63, 3.8) is 0 Å². The van der Waals surface area contributed by atoms with Gasteiger partial charge < -0.3 is 15.2 Å². The smallest absolute Gasteiger partial charge is 0.129 e. The van der Waals surface area contributed by atoms with Crippen LogP contribution < -0.4 is 9.96 Å². The molecule has 4 heteroatoms. The van der Waals surface area contributed by atoms with E-state index < -0.39 is 0 Å². The zero-order chi connectivity index (χ0) is 13.1. The largest absolute Gasteiger partial charge is 0.634 e. The highest BCUT2D eigenvalue weighted by atomic mass is 16.5. The van der Waals surface area contributed by atoms with Crippen molar-refractivity contribution >= 4 is 5.82 Å². The first-order valence-electron chi connectivity index (χ1n) is 6.61. The zero-order valence-electron chi connectivity index (χ0n) is 10.7. The maximum absolute atomic E-state index is 11.3. The monoisotopic (exact) mass is 255 g/mol. The predicted octanol–water partition coefficient (Wildman–Crippen LogP) is 0.951. The van der Waals surface area contributed by atoms with Gasteiger partial charge in [0, 0.05) is 6.20 Å². The van der Waals surface area contributed by atoms with Crippen LogP contribution in [0.3, 0.4) is 0 Å². The average Bonchev–Trinajstić information content (AvgIpc) is 2.49. The molecule has 0 unspecified atom stereocenters. The third kappa shape index (κ3) is 2.75. The Balaban J connectivity index is 1.84. The maximum atomic E-state index is 11.3. The molecular weight excluding hydrogens is 238 g/mol. The van der Waals surface area contributed by atoms with E-state index in [2.05, 4.69) is 28.1 Å². The van der Waals surface area contributed by atoms with E-state index in [0.29, 0.717) is 18.2 Å². The zero-order valence-corrected chi connectivity index (χ0v) is 10.7. The molecule has 1 aliphatic rings. The summed E-state index contributed by atoms with van der Waals surface area (Å²) in [5.41, 5.74) is 2.36. The topological polar surface area (TPSA) is 43.6 Å². The Labute approximate surface area is 112 Å². The molecule has 0 aliphatic carbocycles. The quantitative estimate of drug-likeness (QED) is 0.813. The van der Waals surface area contributed by atoms with Crippen molar-refractivity contribution in [2.45, 2.75) is 0 Å². The molecule has 0 radical (unpaired) electrons. The number of rotatable bonds is 2. The Kier molecular flexibility index (Phi) is 3.44. The molecule has 2 aromatic rings. The van der Waals surface area contributed by atoms with Gasteiger partial charge in [-0.1, -0.05) is 30.3 Å². The maximum Gasteiger partial charge on any atom is 0.129 e. The van der Waals surface area contributed by atoms with Crippen LogP contribution in [0.5, 0.6) is 0 Å². The minimum atomic E-state index is 0.357. The fraction of sp³-hybridized carbons (Fsp3) is 0.267.